The lowest BCUT2D eigenvalue weighted by atomic mass is 9.74. The molecule has 1 aromatic rings. The number of aliphatic hydroxyl groups excluding tert-OH is 1. The fraction of sp³-hybridized carbons (Fsp3) is 0.667. The van der Waals surface area contributed by atoms with E-state index >= 15 is 0 Å². The molecule has 1 N–H and O–H groups in total. The molecule has 0 spiro atoms. The average molecular weight is 324 g/mol. The monoisotopic (exact) mass is 323 g/mol. The van der Waals surface area contributed by atoms with Crippen molar-refractivity contribution < 1.29 is 9.84 Å². The van der Waals surface area contributed by atoms with Gasteiger partial charge in [0.2, 0.25) is 0 Å². The van der Waals surface area contributed by atoms with Gasteiger partial charge >= 0.3 is 0 Å². The van der Waals surface area contributed by atoms with Crippen LogP contribution in [0.2, 0.25) is 5.02 Å². The van der Waals surface area contributed by atoms with Gasteiger partial charge in [-0.15, -0.1) is 0 Å². The molecule has 22 heavy (non-hydrogen) atoms. The number of piperidine rings is 1. The van der Waals surface area contributed by atoms with Crippen LogP contribution in [0.1, 0.15) is 31.2 Å². The molecule has 0 atom stereocenters. The van der Waals surface area contributed by atoms with E-state index < -0.39 is 0 Å². The summed E-state index contributed by atoms with van der Waals surface area (Å²) in [6, 6.07) is 8.74. The maximum Gasteiger partial charge on any atom is 0.0491 e. The molecule has 0 aliphatic carbocycles. The third-order valence-electron chi connectivity index (χ3n) is 5.39. The Morgan fingerprint density at radius 2 is 1.77 bits per heavy atom. The highest BCUT2D eigenvalue weighted by Gasteiger charge is 2.36. The van der Waals surface area contributed by atoms with Gasteiger partial charge in [-0.3, -0.25) is 0 Å². The molecular weight excluding hydrogens is 298 g/mol. The molecule has 122 valence electrons. The molecule has 0 bridgehead atoms. The molecule has 0 aromatic heterocycles. The number of benzene rings is 1. The summed E-state index contributed by atoms with van der Waals surface area (Å²) in [4.78, 5) is 2.61. The van der Waals surface area contributed by atoms with E-state index in [1.807, 2.05) is 12.1 Å². The third kappa shape index (κ3) is 3.83. The number of rotatable bonds is 4. The molecule has 0 radical (unpaired) electrons. The average Bonchev–Trinajstić information content (AvgIpc) is 2.58. The lowest BCUT2D eigenvalue weighted by Crippen LogP contribution is -2.48. The molecule has 4 heteroatoms. The van der Waals surface area contributed by atoms with E-state index in [1.54, 1.807) is 0 Å². The van der Waals surface area contributed by atoms with E-state index in [0.29, 0.717) is 6.04 Å². The predicted molar refractivity (Wildman–Crippen MR) is 89.3 cm³/mol. The quantitative estimate of drug-likeness (QED) is 0.924. The Labute approximate surface area is 138 Å². The molecule has 2 heterocycles. The van der Waals surface area contributed by atoms with E-state index in [4.69, 9.17) is 16.3 Å². The van der Waals surface area contributed by atoms with E-state index in [1.165, 1.54) is 5.56 Å². The summed E-state index contributed by atoms with van der Waals surface area (Å²) < 4.78 is 5.46. The number of aliphatic hydroxyl groups is 1. The Morgan fingerprint density at radius 3 is 2.36 bits per heavy atom. The van der Waals surface area contributed by atoms with E-state index in [0.717, 1.165) is 63.4 Å². The number of hydrogen-bond donors (Lipinski definition) is 1. The highest BCUT2D eigenvalue weighted by atomic mass is 35.5. The summed E-state index contributed by atoms with van der Waals surface area (Å²) in [5, 5.41) is 10.8. The molecule has 2 saturated heterocycles. The van der Waals surface area contributed by atoms with Crippen molar-refractivity contribution in [1.82, 2.24) is 4.90 Å². The molecule has 2 fully saturated rings. The Balaban J connectivity index is 1.59. The van der Waals surface area contributed by atoms with Crippen molar-refractivity contribution in [3.63, 3.8) is 0 Å². The van der Waals surface area contributed by atoms with Gasteiger partial charge < -0.3 is 14.7 Å². The van der Waals surface area contributed by atoms with Gasteiger partial charge in [-0.1, -0.05) is 23.7 Å². The summed E-state index contributed by atoms with van der Waals surface area (Å²) in [6.45, 7) is 4.27. The molecule has 2 aliphatic rings. The molecule has 0 saturated carbocycles. The highest BCUT2D eigenvalue weighted by molar-refractivity contribution is 6.30. The Bertz CT molecular complexity index is 462. The van der Waals surface area contributed by atoms with E-state index in [2.05, 4.69) is 17.0 Å². The minimum absolute atomic E-state index is 0.0372. The van der Waals surface area contributed by atoms with Crippen LogP contribution in [-0.4, -0.2) is 49.0 Å². The summed E-state index contributed by atoms with van der Waals surface area (Å²) in [5.41, 5.74) is 1.31. The molecule has 1 aromatic carbocycles. The molecule has 2 aliphatic heterocycles. The maximum atomic E-state index is 9.99. The van der Waals surface area contributed by atoms with Crippen LogP contribution in [0.15, 0.2) is 24.3 Å². The Morgan fingerprint density at radius 1 is 1.14 bits per heavy atom. The first-order chi connectivity index (χ1) is 10.7. The molecule has 0 amide bonds. The van der Waals surface area contributed by atoms with Gasteiger partial charge in [-0.2, -0.15) is 0 Å². The van der Waals surface area contributed by atoms with Crippen LogP contribution in [-0.2, 0) is 11.2 Å². The van der Waals surface area contributed by atoms with Gasteiger partial charge in [-0.05, 0) is 68.3 Å². The number of hydrogen-bond acceptors (Lipinski definition) is 3. The lowest BCUT2D eigenvalue weighted by molar-refractivity contribution is -0.00992. The largest absolute Gasteiger partial charge is 0.396 e. The third-order valence-corrected chi connectivity index (χ3v) is 5.65. The second-order valence-electron chi connectivity index (χ2n) is 6.84. The van der Waals surface area contributed by atoms with Crippen LogP contribution in [0.5, 0.6) is 0 Å². The number of likely N-dealkylation sites (tertiary alicyclic amines) is 1. The zero-order valence-electron chi connectivity index (χ0n) is 13.1. The van der Waals surface area contributed by atoms with Gasteiger partial charge in [0.15, 0.2) is 0 Å². The summed E-state index contributed by atoms with van der Waals surface area (Å²) in [5.74, 6) is 0. The van der Waals surface area contributed by atoms with Gasteiger partial charge in [0.1, 0.15) is 0 Å². The second-order valence-corrected chi connectivity index (χ2v) is 7.28. The highest BCUT2D eigenvalue weighted by Crippen LogP contribution is 2.36. The van der Waals surface area contributed by atoms with Crippen LogP contribution >= 0.6 is 11.6 Å². The number of nitrogens with zero attached hydrogens (tertiary/aromatic N) is 1. The van der Waals surface area contributed by atoms with Gasteiger partial charge in [0.25, 0.3) is 0 Å². The van der Waals surface area contributed by atoms with Crippen molar-refractivity contribution >= 4 is 11.6 Å². The maximum absolute atomic E-state index is 9.99. The lowest BCUT2D eigenvalue weighted by Gasteiger charge is -2.44. The minimum Gasteiger partial charge on any atom is -0.396 e. The number of halogens is 1. The second kappa shape index (κ2) is 7.31. The fourth-order valence-corrected chi connectivity index (χ4v) is 3.97. The van der Waals surface area contributed by atoms with Crippen molar-refractivity contribution in [3.05, 3.63) is 34.9 Å². The SMILES string of the molecule is OCC1(Cc2ccc(Cl)cc2)CCN(C2CCOCC2)CC1. The van der Waals surface area contributed by atoms with Crippen LogP contribution in [0, 0.1) is 5.41 Å². The smallest absolute Gasteiger partial charge is 0.0491 e. The predicted octanol–water partition coefficient (Wildman–Crippen LogP) is 3.14. The van der Waals surface area contributed by atoms with Crippen LogP contribution in [0.25, 0.3) is 0 Å². The normalized spacial score (nSPS) is 23.5. The molecular formula is C18H26ClNO2. The molecule has 0 unspecified atom stereocenters. The van der Waals surface area contributed by atoms with Crippen LogP contribution in [0.4, 0.5) is 0 Å². The topological polar surface area (TPSA) is 32.7 Å². The van der Waals surface area contributed by atoms with Crippen LogP contribution in [0.3, 0.4) is 0 Å². The van der Waals surface area contributed by atoms with Crippen LogP contribution < -0.4 is 0 Å². The minimum atomic E-state index is 0.0372. The van der Waals surface area contributed by atoms with Gasteiger partial charge in [0.05, 0.1) is 0 Å². The van der Waals surface area contributed by atoms with Crippen molar-refractivity contribution in [2.45, 2.75) is 38.1 Å². The Kier molecular flexibility index (Phi) is 5.40. The van der Waals surface area contributed by atoms with E-state index in [-0.39, 0.29) is 12.0 Å². The van der Waals surface area contributed by atoms with Gasteiger partial charge in [-0.25, -0.2) is 0 Å². The van der Waals surface area contributed by atoms with Gasteiger partial charge in [0, 0.05) is 30.9 Å². The standard InChI is InChI=1S/C18H26ClNO2/c19-16-3-1-15(2-4-16)13-18(14-21)7-9-20(10-8-18)17-5-11-22-12-6-17/h1-4,17,21H,5-14H2. The zero-order valence-corrected chi connectivity index (χ0v) is 13.9. The number of ether oxygens (including phenoxy) is 1. The first-order valence-electron chi connectivity index (χ1n) is 8.38. The van der Waals surface area contributed by atoms with Crippen molar-refractivity contribution in [3.8, 4) is 0 Å². The summed E-state index contributed by atoms with van der Waals surface area (Å²) >= 11 is 5.96. The van der Waals surface area contributed by atoms with Crippen molar-refractivity contribution in [2.24, 2.45) is 5.41 Å². The van der Waals surface area contributed by atoms with E-state index in [9.17, 15) is 5.11 Å². The first-order valence-corrected chi connectivity index (χ1v) is 8.76. The first kappa shape index (κ1) is 16.3. The fourth-order valence-electron chi connectivity index (χ4n) is 3.84. The molecule has 3 nitrogen and oxygen atoms in total. The van der Waals surface area contributed by atoms with Crippen molar-refractivity contribution in [1.29, 1.82) is 0 Å². The summed E-state index contributed by atoms with van der Waals surface area (Å²) in [7, 11) is 0. The molecule has 3 rings (SSSR count). The Hall–Kier alpha value is -0.610. The van der Waals surface area contributed by atoms with Crippen molar-refractivity contribution in [2.75, 3.05) is 32.9 Å². The zero-order chi connectivity index (χ0) is 15.4. The summed E-state index contributed by atoms with van der Waals surface area (Å²) in [6.07, 6.45) is 5.40.